The van der Waals surface area contributed by atoms with Crippen LogP contribution in [-0.2, 0) is 4.79 Å². The summed E-state index contributed by atoms with van der Waals surface area (Å²) in [5.41, 5.74) is 2.50. The fourth-order valence-corrected chi connectivity index (χ4v) is 2.97. The smallest absolute Gasteiger partial charge is 0.321 e. The maximum atomic E-state index is 12.5. The van der Waals surface area contributed by atoms with Crippen molar-refractivity contribution in [2.24, 2.45) is 5.92 Å². The lowest BCUT2D eigenvalue weighted by Crippen LogP contribution is -2.27. The minimum Gasteiger partial charge on any atom is -0.336 e. The molecular weight excluding hydrogens is 344 g/mol. The summed E-state index contributed by atoms with van der Waals surface area (Å²) >= 11 is 0. The minimum atomic E-state index is -0.260. The molecule has 2 aliphatic rings. The number of carbonyl (C=O) groups is 3. The van der Waals surface area contributed by atoms with E-state index in [1.54, 1.807) is 53.4 Å². The molecule has 0 bridgehead atoms. The van der Waals surface area contributed by atoms with Gasteiger partial charge in [-0.05, 0) is 55.3 Å². The average Bonchev–Trinajstić information content (AvgIpc) is 3.44. The second-order valence-corrected chi connectivity index (χ2v) is 6.73. The van der Waals surface area contributed by atoms with Gasteiger partial charge in [-0.3, -0.25) is 14.5 Å². The number of anilines is 3. The predicted octanol–water partition coefficient (Wildman–Crippen LogP) is 2.82. The molecule has 1 saturated carbocycles. The number of urea groups is 1. The Bertz CT molecular complexity index is 890. The van der Waals surface area contributed by atoms with Crippen molar-refractivity contribution in [3.05, 3.63) is 54.1 Å². The number of amides is 4. The summed E-state index contributed by atoms with van der Waals surface area (Å²) in [6.07, 6.45) is 1.86. The van der Waals surface area contributed by atoms with Crippen molar-refractivity contribution >= 4 is 34.9 Å². The Morgan fingerprint density at radius 1 is 1.00 bits per heavy atom. The highest BCUT2D eigenvalue weighted by Gasteiger charge is 2.29. The number of rotatable bonds is 5. The molecule has 7 nitrogen and oxygen atoms in total. The third-order valence-corrected chi connectivity index (χ3v) is 4.63. The van der Waals surface area contributed by atoms with Crippen molar-refractivity contribution < 1.29 is 14.4 Å². The number of hydrogen-bond donors (Lipinski definition) is 3. The molecule has 0 spiro atoms. The first-order valence-corrected chi connectivity index (χ1v) is 8.98. The Morgan fingerprint density at radius 3 is 2.44 bits per heavy atom. The maximum absolute atomic E-state index is 12.5. The van der Waals surface area contributed by atoms with Gasteiger partial charge in [-0.25, -0.2) is 4.79 Å². The molecule has 4 amide bonds. The highest BCUT2D eigenvalue weighted by Crippen LogP contribution is 2.30. The van der Waals surface area contributed by atoms with Crippen molar-refractivity contribution in [2.45, 2.75) is 12.8 Å². The topological polar surface area (TPSA) is 90.5 Å². The molecule has 138 valence electrons. The monoisotopic (exact) mass is 364 g/mol. The normalized spacial score (nSPS) is 16.0. The standard InChI is InChI=1S/C20H20N4O3/c25-18(13-4-5-13)23-16-3-1-2-14(12-16)19(26)22-15-6-8-17(9-7-15)24-11-10-21-20(24)27/h1-3,6-9,12-13H,4-5,10-11H2,(H,21,27)(H,22,26)(H,23,25). The number of nitrogens with one attached hydrogen (secondary N) is 3. The largest absolute Gasteiger partial charge is 0.336 e. The third-order valence-electron chi connectivity index (χ3n) is 4.63. The molecule has 4 rings (SSSR count). The van der Waals surface area contributed by atoms with Gasteiger partial charge in [0, 0.05) is 41.6 Å². The van der Waals surface area contributed by atoms with Gasteiger partial charge in [0.25, 0.3) is 5.91 Å². The number of carbonyl (C=O) groups excluding carboxylic acids is 3. The molecule has 1 aliphatic heterocycles. The van der Waals surface area contributed by atoms with E-state index in [-0.39, 0.29) is 23.8 Å². The van der Waals surface area contributed by atoms with Crippen LogP contribution < -0.4 is 20.9 Å². The minimum absolute atomic E-state index is 0.00842. The maximum Gasteiger partial charge on any atom is 0.321 e. The van der Waals surface area contributed by atoms with Gasteiger partial charge in [-0.2, -0.15) is 0 Å². The SMILES string of the molecule is O=C(Nc1ccc(N2CCNC2=O)cc1)c1cccc(NC(=O)C2CC2)c1. The number of nitrogens with zero attached hydrogens (tertiary/aromatic N) is 1. The Labute approximate surface area is 156 Å². The van der Waals surface area contributed by atoms with E-state index in [9.17, 15) is 14.4 Å². The Kier molecular flexibility index (Phi) is 4.50. The van der Waals surface area contributed by atoms with Crippen molar-refractivity contribution in [3.63, 3.8) is 0 Å². The van der Waals surface area contributed by atoms with E-state index in [1.807, 2.05) is 0 Å². The van der Waals surface area contributed by atoms with E-state index >= 15 is 0 Å². The zero-order valence-corrected chi connectivity index (χ0v) is 14.7. The van der Waals surface area contributed by atoms with Crippen LogP contribution in [0.15, 0.2) is 48.5 Å². The van der Waals surface area contributed by atoms with Gasteiger partial charge in [0.1, 0.15) is 0 Å². The van der Waals surface area contributed by atoms with Crippen LogP contribution >= 0.6 is 0 Å². The molecule has 0 unspecified atom stereocenters. The molecule has 2 fully saturated rings. The molecule has 0 radical (unpaired) electrons. The van der Waals surface area contributed by atoms with E-state index in [4.69, 9.17) is 0 Å². The Balaban J connectivity index is 1.41. The predicted molar refractivity (Wildman–Crippen MR) is 103 cm³/mol. The van der Waals surface area contributed by atoms with Crippen LogP contribution in [0.4, 0.5) is 21.9 Å². The summed E-state index contributed by atoms with van der Waals surface area (Å²) in [5, 5.41) is 8.43. The second kappa shape index (κ2) is 7.11. The second-order valence-electron chi connectivity index (χ2n) is 6.73. The first-order chi connectivity index (χ1) is 13.1. The molecule has 3 N–H and O–H groups in total. The van der Waals surface area contributed by atoms with Crippen molar-refractivity contribution in [1.82, 2.24) is 5.32 Å². The van der Waals surface area contributed by atoms with E-state index in [2.05, 4.69) is 16.0 Å². The summed E-state index contributed by atoms with van der Waals surface area (Å²) in [7, 11) is 0. The van der Waals surface area contributed by atoms with E-state index in [1.165, 1.54) is 0 Å². The Morgan fingerprint density at radius 2 is 1.78 bits per heavy atom. The summed E-state index contributed by atoms with van der Waals surface area (Å²) in [6, 6.07) is 13.9. The first kappa shape index (κ1) is 17.1. The van der Waals surface area contributed by atoms with Crippen LogP contribution in [-0.4, -0.2) is 30.9 Å². The molecule has 2 aromatic rings. The van der Waals surface area contributed by atoms with E-state index < -0.39 is 0 Å². The van der Waals surface area contributed by atoms with Crippen LogP contribution in [0.25, 0.3) is 0 Å². The Hall–Kier alpha value is -3.35. The van der Waals surface area contributed by atoms with Gasteiger partial charge in [0.05, 0.1) is 0 Å². The van der Waals surface area contributed by atoms with E-state index in [0.29, 0.717) is 30.0 Å². The van der Waals surface area contributed by atoms with Gasteiger partial charge < -0.3 is 16.0 Å². The molecule has 0 aromatic heterocycles. The highest BCUT2D eigenvalue weighted by molar-refractivity contribution is 6.05. The van der Waals surface area contributed by atoms with Crippen molar-refractivity contribution in [3.8, 4) is 0 Å². The fourth-order valence-electron chi connectivity index (χ4n) is 2.97. The number of benzene rings is 2. The van der Waals surface area contributed by atoms with E-state index in [0.717, 1.165) is 18.5 Å². The van der Waals surface area contributed by atoms with Crippen LogP contribution in [0.5, 0.6) is 0 Å². The summed E-state index contributed by atoms with van der Waals surface area (Å²) in [6.45, 7) is 1.26. The third kappa shape index (κ3) is 3.92. The highest BCUT2D eigenvalue weighted by atomic mass is 16.2. The van der Waals surface area contributed by atoms with Crippen LogP contribution in [0.3, 0.4) is 0 Å². The van der Waals surface area contributed by atoms with Gasteiger partial charge in [0.2, 0.25) is 5.91 Å². The summed E-state index contributed by atoms with van der Waals surface area (Å²) < 4.78 is 0. The molecule has 2 aromatic carbocycles. The molecule has 1 saturated heterocycles. The lowest BCUT2D eigenvalue weighted by molar-refractivity contribution is -0.117. The summed E-state index contributed by atoms with van der Waals surface area (Å²) in [4.78, 5) is 37.7. The van der Waals surface area contributed by atoms with Gasteiger partial charge >= 0.3 is 6.03 Å². The molecule has 0 atom stereocenters. The lowest BCUT2D eigenvalue weighted by Gasteiger charge is -2.15. The molecular formula is C20H20N4O3. The molecule has 7 heteroatoms. The van der Waals surface area contributed by atoms with Crippen molar-refractivity contribution in [1.29, 1.82) is 0 Å². The van der Waals surface area contributed by atoms with Gasteiger partial charge in [-0.1, -0.05) is 6.07 Å². The van der Waals surface area contributed by atoms with Gasteiger partial charge in [-0.15, -0.1) is 0 Å². The summed E-state index contributed by atoms with van der Waals surface area (Å²) in [5.74, 6) is -0.142. The van der Waals surface area contributed by atoms with Crippen molar-refractivity contribution in [2.75, 3.05) is 28.6 Å². The van der Waals surface area contributed by atoms with Crippen LogP contribution in [0, 0.1) is 5.92 Å². The zero-order valence-electron chi connectivity index (χ0n) is 14.7. The van der Waals surface area contributed by atoms with Crippen LogP contribution in [0.1, 0.15) is 23.2 Å². The lowest BCUT2D eigenvalue weighted by atomic mass is 10.1. The molecule has 27 heavy (non-hydrogen) atoms. The first-order valence-electron chi connectivity index (χ1n) is 8.98. The fraction of sp³-hybridized carbons (Fsp3) is 0.250. The molecule has 1 heterocycles. The quantitative estimate of drug-likeness (QED) is 0.762. The van der Waals surface area contributed by atoms with Gasteiger partial charge in [0.15, 0.2) is 0 Å². The zero-order chi connectivity index (χ0) is 18.8. The molecule has 1 aliphatic carbocycles. The average molecular weight is 364 g/mol. The number of hydrogen-bond acceptors (Lipinski definition) is 3. The van der Waals surface area contributed by atoms with Crippen LogP contribution in [0.2, 0.25) is 0 Å².